The van der Waals surface area contributed by atoms with Gasteiger partial charge in [0, 0.05) is 22.7 Å². The average molecular weight is 383 g/mol. The summed E-state index contributed by atoms with van der Waals surface area (Å²) >= 11 is 1.63. The fourth-order valence-corrected chi connectivity index (χ4v) is 3.19. The molecule has 3 aromatic rings. The topological polar surface area (TPSA) is 110 Å². The van der Waals surface area contributed by atoms with Crippen molar-refractivity contribution in [3.05, 3.63) is 68.7 Å². The van der Waals surface area contributed by atoms with E-state index in [2.05, 4.69) is 20.6 Å². The minimum absolute atomic E-state index is 0.0642. The lowest BCUT2D eigenvalue weighted by Crippen LogP contribution is -2.10. The Morgan fingerprint density at radius 1 is 1.22 bits per heavy atom. The molecule has 27 heavy (non-hydrogen) atoms. The van der Waals surface area contributed by atoms with E-state index in [1.165, 1.54) is 18.1 Å². The van der Waals surface area contributed by atoms with Crippen LogP contribution < -0.4 is 10.6 Å². The Hall–Kier alpha value is -3.33. The van der Waals surface area contributed by atoms with E-state index in [0.29, 0.717) is 17.8 Å². The number of ketones is 1. The number of carbonyl (C=O) groups excluding carboxylic acids is 1. The van der Waals surface area contributed by atoms with Crippen molar-refractivity contribution < 1.29 is 9.72 Å². The lowest BCUT2D eigenvalue weighted by molar-refractivity contribution is -0.383. The third-order valence-electron chi connectivity index (χ3n) is 3.78. The standard InChI is InChI=1S/C18H17N5O3S/c1-12(24)13-4-2-5-14(10-13)22-18-16(23(25)26)17(20-11-21-18)19-8-7-15-6-3-9-27-15/h2-6,9-11H,7-8H2,1H3,(H2,19,20,21,22). The molecule has 0 amide bonds. The minimum atomic E-state index is -0.523. The van der Waals surface area contributed by atoms with E-state index in [-0.39, 0.29) is 23.1 Å². The second kappa shape index (κ2) is 8.37. The van der Waals surface area contributed by atoms with Crippen LogP contribution in [0, 0.1) is 10.1 Å². The largest absolute Gasteiger partial charge is 0.364 e. The molecule has 0 radical (unpaired) electrons. The lowest BCUT2D eigenvalue weighted by atomic mass is 10.1. The lowest BCUT2D eigenvalue weighted by Gasteiger charge is -2.10. The maximum atomic E-state index is 11.6. The van der Waals surface area contributed by atoms with Crippen molar-refractivity contribution >= 4 is 40.1 Å². The molecule has 8 nitrogen and oxygen atoms in total. The summed E-state index contributed by atoms with van der Waals surface area (Å²) in [5.74, 6) is 0.123. The number of benzene rings is 1. The predicted octanol–water partition coefficient (Wildman–Crippen LogP) is 4.05. The van der Waals surface area contributed by atoms with E-state index in [0.717, 1.165) is 6.42 Å². The summed E-state index contributed by atoms with van der Waals surface area (Å²) in [6.45, 7) is 1.97. The molecule has 0 fully saturated rings. The highest BCUT2D eigenvalue weighted by Crippen LogP contribution is 2.31. The van der Waals surface area contributed by atoms with Gasteiger partial charge in [-0.05, 0) is 36.9 Å². The number of rotatable bonds is 8. The normalized spacial score (nSPS) is 10.4. The fraction of sp³-hybridized carbons (Fsp3) is 0.167. The Balaban J connectivity index is 1.81. The van der Waals surface area contributed by atoms with Crippen LogP contribution in [0.4, 0.5) is 23.0 Å². The maximum Gasteiger partial charge on any atom is 0.353 e. The van der Waals surface area contributed by atoms with Gasteiger partial charge in [0.15, 0.2) is 5.78 Å². The number of aromatic nitrogens is 2. The van der Waals surface area contributed by atoms with Gasteiger partial charge >= 0.3 is 5.69 Å². The molecule has 0 saturated heterocycles. The molecule has 2 aromatic heterocycles. The van der Waals surface area contributed by atoms with E-state index in [9.17, 15) is 14.9 Å². The van der Waals surface area contributed by atoms with E-state index < -0.39 is 4.92 Å². The maximum absolute atomic E-state index is 11.6. The molecule has 2 heterocycles. The molecule has 0 bridgehead atoms. The summed E-state index contributed by atoms with van der Waals surface area (Å²) in [6.07, 6.45) is 2.00. The summed E-state index contributed by atoms with van der Waals surface area (Å²) in [7, 11) is 0. The Morgan fingerprint density at radius 2 is 2.04 bits per heavy atom. The van der Waals surface area contributed by atoms with Crippen LogP contribution in [0.1, 0.15) is 22.2 Å². The molecular formula is C18H17N5O3S. The molecule has 0 spiro atoms. The van der Waals surface area contributed by atoms with Crippen molar-refractivity contribution in [3.8, 4) is 0 Å². The second-order valence-corrected chi connectivity index (χ2v) is 6.73. The molecule has 138 valence electrons. The number of carbonyl (C=O) groups is 1. The van der Waals surface area contributed by atoms with Crippen molar-refractivity contribution in [2.75, 3.05) is 17.2 Å². The highest BCUT2D eigenvalue weighted by Gasteiger charge is 2.23. The number of nitrogens with zero attached hydrogens (tertiary/aromatic N) is 3. The zero-order chi connectivity index (χ0) is 19.2. The van der Waals surface area contributed by atoms with Crippen LogP contribution in [0.5, 0.6) is 0 Å². The van der Waals surface area contributed by atoms with Crippen molar-refractivity contribution in [2.24, 2.45) is 0 Å². The summed E-state index contributed by atoms with van der Waals surface area (Å²) in [6, 6.07) is 10.7. The predicted molar refractivity (Wildman–Crippen MR) is 105 cm³/mol. The molecule has 0 unspecified atom stereocenters. The van der Waals surface area contributed by atoms with E-state index in [4.69, 9.17) is 0 Å². The van der Waals surface area contributed by atoms with Gasteiger partial charge in [0.2, 0.25) is 11.6 Å². The Bertz CT molecular complexity index is 959. The van der Waals surface area contributed by atoms with Crippen LogP contribution in [0.25, 0.3) is 0 Å². The van der Waals surface area contributed by atoms with E-state index in [1.807, 2.05) is 17.5 Å². The summed E-state index contributed by atoms with van der Waals surface area (Å²) in [5, 5.41) is 19.5. The first-order valence-electron chi connectivity index (χ1n) is 8.18. The van der Waals surface area contributed by atoms with Crippen LogP contribution in [0.3, 0.4) is 0 Å². The van der Waals surface area contributed by atoms with Crippen molar-refractivity contribution in [3.63, 3.8) is 0 Å². The van der Waals surface area contributed by atoms with Gasteiger partial charge in [-0.1, -0.05) is 18.2 Å². The highest BCUT2D eigenvalue weighted by molar-refractivity contribution is 7.09. The first-order valence-corrected chi connectivity index (χ1v) is 9.06. The van der Waals surface area contributed by atoms with Crippen LogP contribution in [0.15, 0.2) is 48.1 Å². The minimum Gasteiger partial charge on any atom is -0.364 e. The summed E-state index contributed by atoms with van der Waals surface area (Å²) in [5.41, 5.74) is 0.803. The zero-order valence-electron chi connectivity index (χ0n) is 14.5. The quantitative estimate of drug-likeness (QED) is 0.343. The molecule has 0 aliphatic rings. The van der Waals surface area contributed by atoms with E-state index >= 15 is 0 Å². The molecular weight excluding hydrogens is 366 g/mol. The summed E-state index contributed by atoms with van der Waals surface area (Å²) in [4.78, 5) is 31.8. The Kier molecular flexibility index (Phi) is 5.72. The number of nitro groups is 1. The smallest absolute Gasteiger partial charge is 0.353 e. The zero-order valence-corrected chi connectivity index (χ0v) is 15.3. The number of anilines is 3. The molecule has 0 atom stereocenters. The average Bonchev–Trinajstić information content (AvgIpc) is 3.15. The van der Waals surface area contributed by atoms with Crippen LogP contribution in [0.2, 0.25) is 0 Å². The number of hydrogen-bond acceptors (Lipinski definition) is 8. The van der Waals surface area contributed by atoms with Crippen LogP contribution in [-0.2, 0) is 6.42 Å². The van der Waals surface area contributed by atoms with Crippen LogP contribution >= 0.6 is 11.3 Å². The van der Waals surface area contributed by atoms with Gasteiger partial charge in [0.25, 0.3) is 0 Å². The van der Waals surface area contributed by atoms with Gasteiger partial charge in [-0.15, -0.1) is 11.3 Å². The number of hydrogen-bond donors (Lipinski definition) is 2. The van der Waals surface area contributed by atoms with Gasteiger partial charge in [-0.25, -0.2) is 9.97 Å². The van der Waals surface area contributed by atoms with Gasteiger partial charge in [0.05, 0.1) is 4.92 Å². The Labute approximate surface area is 159 Å². The van der Waals surface area contributed by atoms with Crippen molar-refractivity contribution in [2.45, 2.75) is 13.3 Å². The van der Waals surface area contributed by atoms with Crippen LogP contribution in [-0.4, -0.2) is 27.2 Å². The van der Waals surface area contributed by atoms with Gasteiger partial charge in [0.1, 0.15) is 6.33 Å². The van der Waals surface area contributed by atoms with Crippen molar-refractivity contribution in [1.29, 1.82) is 0 Å². The molecule has 0 aliphatic carbocycles. The summed E-state index contributed by atoms with van der Waals surface area (Å²) < 4.78 is 0. The second-order valence-electron chi connectivity index (χ2n) is 5.69. The first kappa shape index (κ1) is 18.5. The monoisotopic (exact) mass is 383 g/mol. The third kappa shape index (κ3) is 4.64. The molecule has 2 N–H and O–H groups in total. The number of thiophene rings is 1. The third-order valence-corrected chi connectivity index (χ3v) is 4.72. The Morgan fingerprint density at radius 3 is 2.74 bits per heavy atom. The number of Topliss-reactive ketones (excluding diaryl/α,β-unsaturated/α-hetero) is 1. The molecule has 3 rings (SSSR count). The highest BCUT2D eigenvalue weighted by atomic mass is 32.1. The fourth-order valence-electron chi connectivity index (χ4n) is 2.48. The molecule has 0 saturated carbocycles. The first-order chi connectivity index (χ1) is 13.0. The SMILES string of the molecule is CC(=O)c1cccc(Nc2ncnc(NCCc3cccs3)c2[N+](=O)[O-])c1. The molecule has 0 aliphatic heterocycles. The van der Waals surface area contributed by atoms with Gasteiger partial charge < -0.3 is 10.6 Å². The van der Waals surface area contributed by atoms with Crippen molar-refractivity contribution in [1.82, 2.24) is 9.97 Å². The molecule has 1 aromatic carbocycles. The van der Waals surface area contributed by atoms with Gasteiger partial charge in [-0.2, -0.15) is 0 Å². The molecule has 9 heteroatoms. The number of nitrogens with one attached hydrogen (secondary N) is 2. The van der Waals surface area contributed by atoms with E-state index in [1.54, 1.807) is 35.6 Å². The van der Waals surface area contributed by atoms with Gasteiger partial charge in [-0.3, -0.25) is 14.9 Å².